The molecule has 3 heteroatoms. The highest BCUT2D eigenvalue weighted by Crippen LogP contribution is 2.29. The van der Waals surface area contributed by atoms with Crippen molar-refractivity contribution in [2.24, 2.45) is 5.41 Å². The molecule has 1 nitrogen and oxygen atoms in total. The molecule has 0 N–H and O–H groups in total. The molecule has 1 aromatic carbocycles. The summed E-state index contributed by atoms with van der Waals surface area (Å²) in [5, 5.41) is 0.855. The fourth-order valence-corrected chi connectivity index (χ4v) is 3.04. The Morgan fingerprint density at radius 2 is 1.83 bits per heavy atom. The molecule has 0 unspecified atom stereocenters. The number of hydrogen-bond donors (Lipinski definition) is 1. The van der Waals surface area contributed by atoms with E-state index >= 15 is 0 Å². The van der Waals surface area contributed by atoms with Crippen molar-refractivity contribution in [2.45, 2.75) is 33.2 Å². The highest BCUT2D eigenvalue weighted by atomic mass is 35.5. The summed E-state index contributed by atoms with van der Waals surface area (Å²) < 4.78 is 0. The van der Waals surface area contributed by atoms with Crippen LogP contribution in [0, 0.1) is 5.41 Å². The van der Waals surface area contributed by atoms with Gasteiger partial charge in [-0.3, -0.25) is 0 Å². The van der Waals surface area contributed by atoms with Gasteiger partial charge in [0, 0.05) is 18.1 Å². The Bertz CT molecular complexity index is 355. The third kappa shape index (κ3) is 4.18. The van der Waals surface area contributed by atoms with Crippen LogP contribution < -0.4 is 0 Å². The van der Waals surface area contributed by atoms with Crippen LogP contribution in [-0.2, 0) is 6.54 Å². The van der Waals surface area contributed by atoms with Gasteiger partial charge in [0.1, 0.15) is 0 Å². The van der Waals surface area contributed by atoms with E-state index in [1.807, 2.05) is 18.2 Å². The van der Waals surface area contributed by atoms with Crippen molar-refractivity contribution in [1.29, 1.82) is 0 Å². The largest absolute Gasteiger partial charge is 0.301 e. The molecule has 0 saturated carbocycles. The number of halogens is 1. The smallest absolute Gasteiger partial charge is 0.0451 e. The van der Waals surface area contributed by atoms with Crippen LogP contribution in [0.15, 0.2) is 24.3 Å². The minimum atomic E-state index is 0.319. The Hall–Kier alpha value is -0.180. The predicted octanol–water partition coefficient (Wildman–Crippen LogP) is 4.51. The molecule has 0 bridgehead atoms. The monoisotopic (exact) mass is 285 g/mol. The first-order chi connectivity index (χ1) is 8.56. The molecule has 0 saturated heterocycles. The second-order valence-corrected chi connectivity index (χ2v) is 5.85. The van der Waals surface area contributed by atoms with E-state index in [1.165, 1.54) is 18.4 Å². The first kappa shape index (κ1) is 15.9. The van der Waals surface area contributed by atoms with Crippen molar-refractivity contribution in [1.82, 2.24) is 4.90 Å². The maximum absolute atomic E-state index is 6.20. The Morgan fingerprint density at radius 1 is 1.22 bits per heavy atom. The summed E-state index contributed by atoms with van der Waals surface area (Å²) in [6, 6.07) is 8.07. The van der Waals surface area contributed by atoms with Gasteiger partial charge >= 0.3 is 0 Å². The molecule has 0 aromatic heterocycles. The number of benzene rings is 1. The van der Waals surface area contributed by atoms with Crippen molar-refractivity contribution in [3.05, 3.63) is 34.9 Å². The second-order valence-electron chi connectivity index (χ2n) is 5.13. The van der Waals surface area contributed by atoms with E-state index in [-0.39, 0.29) is 0 Å². The first-order valence-electron chi connectivity index (χ1n) is 6.59. The van der Waals surface area contributed by atoms with Gasteiger partial charge in [-0.1, -0.05) is 43.6 Å². The SMILES string of the molecule is CCC(CC)(CS)CN(C)Cc1ccccc1Cl. The summed E-state index contributed by atoms with van der Waals surface area (Å²) >= 11 is 10.7. The summed E-state index contributed by atoms with van der Waals surface area (Å²) in [6.45, 7) is 6.47. The van der Waals surface area contributed by atoms with E-state index in [4.69, 9.17) is 11.6 Å². The quantitative estimate of drug-likeness (QED) is 0.722. The third-order valence-electron chi connectivity index (χ3n) is 3.84. The molecule has 0 amide bonds. The van der Waals surface area contributed by atoms with Crippen LogP contribution in [0.4, 0.5) is 0 Å². The lowest BCUT2D eigenvalue weighted by atomic mass is 9.84. The summed E-state index contributed by atoms with van der Waals surface area (Å²) in [5.41, 5.74) is 1.51. The lowest BCUT2D eigenvalue weighted by Gasteiger charge is -2.34. The zero-order valence-electron chi connectivity index (χ0n) is 11.6. The summed E-state index contributed by atoms with van der Waals surface area (Å²) in [4.78, 5) is 2.35. The van der Waals surface area contributed by atoms with Crippen LogP contribution in [0.2, 0.25) is 5.02 Å². The van der Waals surface area contributed by atoms with Crippen molar-refractivity contribution in [3.8, 4) is 0 Å². The Balaban J connectivity index is 2.66. The predicted molar refractivity (Wildman–Crippen MR) is 84.7 cm³/mol. The Kier molecular flexibility index (Phi) is 6.54. The average Bonchev–Trinajstić information content (AvgIpc) is 2.39. The van der Waals surface area contributed by atoms with Gasteiger partial charge in [0.25, 0.3) is 0 Å². The fourth-order valence-electron chi connectivity index (χ4n) is 2.29. The molecule has 0 aliphatic rings. The van der Waals surface area contributed by atoms with Gasteiger partial charge in [0.05, 0.1) is 0 Å². The second kappa shape index (κ2) is 7.42. The molecule has 102 valence electrons. The zero-order chi connectivity index (χ0) is 13.6. The molecule has 0 heterocycles. The Labute approximate surface area is 122 Å². The highest BCUT2D eigenvalue weighted by molar-refractivity contribution is 7.80. The fraction of sp³-hybridized carbons (Fsp3) is 0.600. The first-order valence-corrected chi connectivity index (χ1v) is 7.60. The van der Waals surface area contributed by atoms with Crippen LogP contribution in [0.5, 0.6) is 0 Å². The van der Waals surface area contributed by atoms with Crippen LogP contribution in [0.1, 0.15) is 32.3 Å². The molecule has 0 fully saturated rings. The maximum Gasteiger partial charge on any atom is 0.0451 e. The van der Waals surface area contributed by atoms with Crippen molar-refractivity contribution in [3.63, 3.8) is 0 Å². The molecule has 0 spiro atoms. The number of hydrogen-bond acceptors (Lipinski definition) is 2. The number of nitrogens with zero attached hydrogens (tertiary/aromatic N) is 1. The molecule has 0 radical (unpaired) electrons. The molecular formula is C15H24ClNS. The molecule has 18 heavy (non-hydrogen) atoms. The lowest BCUT2D eigenvalue weighted by Crippen LogP contribution is -2.36. The minimum Gasteiger partial charge on any atom is -0.301 e. The molecule has 1 aromatic rings. The highest BCUT2D eigenvalue weighted by Gasteiger charge is 2.26. The van der Waals surface area contributed by atoms with Crippen molar-refractivity contribution in [2.75, 3.05) is 19.3 Å². The van der Waals surface area contributed by atoms with E-state index in [9.17, 15) is 0 Å². The molecule has 0 aliphatic heterocycles. The van der Waals surface area contributed by atoms with E-state index < -0.39 is 0 Å². The summed E-state index contributed by atoms with van der Waals surface area (Å²) in [5.74, 6) is 0.937. The normalized spacial score (nSPS) is 12.1. The van der Waals surface area contributed by atoms with Crippen molar-refractivity contribution >= 4 is 24.2 Å². The number of thiol groups is 1. The van der Waals surface area contributed by atoms with E-state index in [0.29, 0.717) is 5.41 Å². The van der Waals surface area contributed by atoms with Crippen LogP contribution in [-0.4, -0.2) is 24.2 Å². The molecule has 0 atom stereocenters. The van der Waals surface area contributed by atoms with E-state index in [2.05, 4.69) is 44.5 Å². The lowest BCUT2D eigenvalue weighted by molar-refractivity contribution is 0.179. The topological polar surface area (TPSA) is 3.24 Å². The zero-order valence-corrected chi connectivity index (χ0v) is 13.3. The van der Waals surface area contributed by atoms with E-state index in [0.717, 1.165) is 23.9 Å². The third-order valence-corrected chi connectivity index (χ3v) is 4.88. The van der Waals surface area contributed by atoms with Crippen LogP contribution >= 0.6 is 24.2 Å². The Morgan fingerprint density at radius 3 is 2.33 bits per heavy atom. The van der Waals surface area contributed by atoms with Crippen LogP contribution in [0.3, 0.4) is 0 Å². The van der Waals surface area contributed by atoms with Gasteiger partial charge in [0.15, 0.2) is 0 Å². The van der Waals surface area contributed by atoms with E-state index in [1.54, 1.807) is 0 Å². The van der Waals surface area contributed by atoms with Gasteiger partial charge < -0.3 is 4.90 Å². The average molecular weight is 286 g/mol. The van der Waals surface area contributed by atoms with Gasteiger partial charge in [-0.2, -0.15) is 12.6 Å². The van der Waals surface area contributed by atoms with Gasteiger partial charge in [-0.05, 0) is 42.7 Å². The number of rotatable bonds is 7. The molecule has 1 rings (SSSR count). The molecule has 0 aliphatic carbocycles. The summed E-state index contributed by atoms with van der Waals surface area (Å²) in [7, 11) is 2.16. The van der Waals surface area contributed by atoms with Crippen molar-refractivity contribution < 1.29 is 0 Å². The van der Waals surface area contributed by atoms with Gasteiger partial charge in [-0.25, -0.2) is 0 Å². The van der Waals surface area contributed by atoms with Gasteiger partial charge in [-0.15, -0.1) is 0 Å². The van der Waals surface area contributed by atoms with Crippen LogP contribution in [0.25, 0.3) is 0 Å². The summed E-state index contributed by atoms with van der Waals surface area (Å²) in [6.07, 6.45) is 2.33. The van der Waals surface area contributed by atoms with Gasteiger partial charge in [0.2, 0.25) is 0 Å². The maximum atomic E-state index is 6.20. The molecular weight excluding hydrogens is 262 g/mol. The minimum absolute atomic E-state index is 0.319. The standard InChI is InChI=1S/C15H24ClNS/c1-4-15(5-2,12-18)11-17(3)10-13-8-6-7-9-14(13)16/h6-9,18H,4-5,10-12H2,1-3H3.